The SMILES string of the molecule is CCn1c(CO)nnc1C1CC(Nc2nc(N)c3cnn(C)c3n2)C1. The van der Waals surface area contributed by atoms with E-state index in [2.05, 4.69) is 30.6 Å². The van der Waals surface area contributed by atoms with Gasteiger partial charge in [0.15, 0.2) is 11.5 Å². The summed E-state index contributed by atoms with van der Waals surface area (Å²) in [4.78, 5) is 8.82. The monoisotopic (exact) mass is 343 g/mol. The molecule has 0 amide bonds. The summed E-state index contributed by atoms with van der Waals surface area (Å²) in [6.45, 7) is 2.69. The Labute approximate surface area is 144 Å². The molecule has 3 aromatic heterocycles. The van der Waals surface area contributed by atoms with Gasteiger partial charge in [0.25, 0.3) is 0 Å². The predicted octanol–water partition coefficient (Wildman–Crippen LogP) is 0.407. The molecular formula is C15H21N9O. The van der Waals surface area contributed by atoms with Crippen molar-refractivity contribution >= 4 is 22.8 Å². The fraction of sp³-hybridized carbons (Fsp3) is 0.533. The third-order valence-corrected chi connectivity index (χ3v) is 4.77. The molecule has 1 aliphatic rings. The van der Waals surface area contributed by atoms with Crippen LogP contribution in [0.15, 0.2) is 6.20 Å². The van der Waals surface area contributed by atoms with Crippen molar-refractivity contribution in [3.63, 3.8) is 0 Å². The van der Waals surface area contributed by atoms with Gasteiger partial charge in [-0.3, -0.25) is 4.68 Å². The van der Waals surface area contributed by atoms with E-state index in [4.69, 9.17) is 5.73 Å². The van der Waals surface area contributed by atoms with Gasteiger partial charge >= 0.3 is 0 Å². The van der Waals surface area contributed by atoms with Crippen LogP contribution < -0.4 is 11.1 Å². The number of nitrogens with one attached hydrogen (secondary N) is 1. The molecule has 3 aromatic rings. The lowest BCUT2D eigenvalue weighted by Gasteiger charge is -2.35. The minimum Gasteiger partial charge on any atom is -0.388 e. The van der Waals surface area contributed by atoms with E-state index in [1.807, 2.05) is 18.5 Å². The van der Waals surface area contributed by atoms with Crippen LogP contribution in [0.5, 0.6) is 0 Å². The highest BCUT2D eigenvalue weighted by Gasteiger charge is 2.34. The topological polar surface area (TPSA) is 133 Å². The third-order valence-electron chi connectivity index (χ3n) is 4.77. The number of nitrogens with two attached hydrogens (primary N) is 1. The zero-order valence-corrected chi connectivity index (χ0v) is 14.2. The van der Waals surface area contributed by atoms with Crippen LogP contribution in [0.2, 0.25) is 0 Å². The quantitative estimate of drug-likeness (QED) is 0.606. The van der Waals surface area contributed by atoms with Gasteiger partial charge in [-0.15, -0.1) is 10.2 Å². The molecule has 1 aliphatic carbocycles. The number of nitrogens with zero attached hydrogens (tertiary/aromatic N) is 7. The molecule has 0 bridgehead atoms. The largest absolute Gasteiger partial charge is 0.388 e. The van der Waals surface area contributed by atoms with E-state index in [9.17, 15) is 5.11 Å². The van der Waals surface area contributed by atoms with Crippen molar-refractivity contribution in [1.82, 2.24) is 34.5 Å². The van der Waals surface area contributed by atoms with E-state index < -0.39 is 0 Å². The van der Waals surface area contributed by atoms with Crippen LogP contribution in [0.25, 0.3) is 11.0 Å². The van der Waals surface area contributed by atoms with Gasteiger partial charge in [-0.2, -0.15) is 15.1 Å². The normalized spacial score (nSPS) is 20.0. The standard InChI is InChI=1S/C15H21N9O/c1-3-24-11(7-25)21-22-13(24)8-4-9(5-8)18-15-19-12(16)10-6-17-23(2)14(10)20-15/h6,8-9,25H,3-5,7H2,1-2H3,(H3,16,18,19,20). The van der Waals surface area contributed by atoms with E-state index in [-0.39, 0.29) is 12.6 Å². The van der Waals surface area contributed by atoms with Crippen LogP contribution in [-0.4, -0.2) is 45.7 Å². The van der Waals surface area contributed by atoms with Crippen molar-refractivity contribution in [2.75, 3.05) is 11.1 Å². The maximum Gasteiger partial charge on any atom is 0.226 e. The Morgan fingerprint density at radius 1 is 1.32 bits per heavy atom. The Morgan fingerprint density at radius 2 is 2.12 bits per heavy atom. The van der Waals surface area contributed by atoms with E-state index in [0.717, 1.165) is 30.6 Å². The summed E-state index contributed by atoms with van der Waals surface area (Å²) in [6.07, 6.45) is 3.50. The van der Waals surface area contributed by atoms with Crippen molar-refractivity contribution in [3.05, 3.63) is 17.8 Å². The van der Waals surface area contributed by atoms with Crippen LogP contribution in [0.1, 0.15) is 37.3 Å². The van der Waals surface area contributed by atoms with Gasteiger partial charge < -0.3 is 20.7 Å². The number of aliphatic hydroxyl groups is 1. The van der Waals surface area contributed by atoms with Crippen LogP contribution in [0, 0.1) is 0 Å². The minimum absolute atomic E-state index is 0.0902. The van der Waals surface area contributed by atoms with Crippen LogP contribution in [0.4, 0.5) is 11.8 Å². The molecule has 0 spiro atoms. The van der Waals surface area contributed by atoms with Crippen molar-refractivity contribution < 1.29 is 5.11 Å². The Balaban J connectivity index is 1.47. The van der Waals surface area contributed by atoms with Gasteiger partial charge in [-0.25, -0.2) is 0 Å². The van der Waals surface area contributed by atoms with Gasteiger partial charge in [-0.1, -0.05) is 0 Å². The summed E-state index contributed by atoms with van der Waals surface area (Å²) in [6, 6.07) is 0.259. The van der Waals surface area contributed by atoms with Crippen molar-refractivity contribution in [2.45, 2.75) is 44.9 Å². The second kappa shape index (κ2) is 5.96. The molecule has 10 nitrogen and oxygen atoms in total. The summed E-state index contributed by atoms with van der Waals surface area (Å²) in [7, 11) is 1.83. The van der Waals surface area contributed by atoms with Crippen LogP contribution in [0.3, 0.4) is 0 Å². The molecule has 4 N–H and O–H groups in total. The first-order valence-corrected chi connectivity index (χ1v) is 8.35. The zero-order valence-electron chi connectivity index (χ0n) is 14.2. The molecule has 0 aromatic carbocycles. The lowest BCUT2D eigenvalue weighted by Crippen LogP contribution is -2.36. The van der Waals surface area contributed by atoms with Gasteiger partial charge in [0.05, 0.1) is 11.6 Å². The number of aromatic nitrogens is 7. The highest BCUT2D eigenvalue weighted by Crippen LogP contribution is 2.37. The zero-order chi connectivity index (χ0) is 17.6. The minimum atomic E-state index is -0.0902. The Kier molecular flexibility index (Phi) is 3.75. The first-order chi connectivity index (χ1) is 12.1. The van der Waals surface area contributed by atoms with E-state index in [0.29, 0.717) is 29.2 Å². The fourth-order valence-corrected chi connectivity index (χ4v) is 3.35. The van der Waals surface area contributed by atoms with E-state index in [1.165, 1.54) is 0 Å². The average molecular weight is 343 g/mol. The summed E-state index contributed by atoms with van der Waals surface area (Å²) >= 11 is 0. The molecule has 25 heavy (non-hydrogen) atoms. The first kappa shape index (κ1) is 15.8. The summed E-state index contributed by atoms with van der Waals surface area (Å²) in [5, 5.41) is 25.9. The van der Waals surface area contributed by atoms with Gasteiger partial charge in [-0.05, 0) is 19.8 Å². The van der Waals surface area contributed by atoms with Crippen molar-refractivity contribution in [3.8, 4) is 0 Å². The van der Waals surface area contributed by atoms with Crippen molar-refractivity contribution in [2.24, 2.45) is 7.05 Å². The number of aryl methyl sites for hydroxylation is 1. The molecule has 0 radical (unpaired) electrons. The van der Waals surface area contributed by atoms with Crippen molar-refractivity contribution in [1.29, 1.82) is 0 Å². The van der Waals surface area contributed by atoms with Gasteiger partial charge in [0, 0.05) is 25.6 Å². The lowest BCUT2D eigenvalue weighted by molar-refractivity contribution is 0.263. The maximum absolute atomic E-state index is 9.33. The van der Waals surface area contributed by atoms with E-state index >= 15 is 0 Å². The Morgan fingerprint density at radius 3 is 2.84 bits per heavy atom. The van der Waals surface area contributed by atoms with Gasteiger partial charge in [0.2, 0.25) is 5.95 Å². The highest BCUT2D eigenvalue weighted by molar-refractivity contribution is 5.86. The fourth-order valence-electron chi connectivity index (χ4n) is 3.35. The predicted molar refractivity (Wildman–Crippen MR) is 91.7 cm³/mol. The highest BCUT2D eigenvalue weighted by atomic mass is 16.3. The van der Waals surface area contributed by atoms with Gasteiger partial charge in [0.1, 0.15) is 18.2 Å². The summed E-state index contributed by atoms with van der Waals surface area (Å²) in [5.41, 5.74) is 6.70. The molecule has 0 unspecified atom stereocenters. The molecular weight excluding hydrogens is 322 g/mol. The molecule has 1 fully saturated rings. The lowest BCUT2D eigenvalue weighted by atomic mass is 9.79. The number of hydrogen-bond donors (Lipinski definition) is 3. The van der Waals surface area contributed by atoms with E-state index in [1.54, 1.807) is 10.9 Å². The molecule has 0 aliphatic heterocycles. The molecule has 0 saturated heterocycles. The Hall–Kier alpha value is -2.75. The molecule has 10 heteroatoms. The second-order valence-corrected chi connectivity index (χ2v) is 6.32. The maximum atomic E-state index is 9.33. The molecule has 0 atom stereocenters. The molecule has 4 rings (SSSR count). The van der Waals surface area contributed by atoms with Crippen LogP contribution >= 0.6 is 0 Å². The number of aliphatic hydroxyl groups excluding tert-OH is 1. The number of anilines is 2. The summed E-state index contributed by atoms with van der Waals surface area (Å²) < 4.78 is 3.67. The summed E-state index contributed by atoms with van der Waals surface area (Å²) in [5.74, 6) is 2.82. The van der Waals surface area contributed by atoms with Crippen LogP contribution in [-0.2, 0) is 20.2 Å². The number of hydrogen-bond acceptors (Lipinski definition) is 8. The third kappa shape index (κ3) is 2.58. The molecule has 1 saturated carbocycles. The average Bonchev–Trinajstić information content (AvgIpc) is 3.14. The first-order valence-electron chi connectivity index (χ1n) is 8.35. The second-order valence-electron chi connectivity index (χ2n) is 6.32. The number of nitrogen functional groups attached to an aromatic ring is 1. The molecule has 3 heterocycles. The number of fused-ring (bicyclic) bond motifs is 1. The molecule has 132 valence electrons. The Bertz CT molecular complexity index is 909. The number of rotatable bonds is 5. The smallest absolute Gasteiger partial charge is 0.226 e.